The van der Waals surface area contributed by atoms with Gasteiger partial charge in [0.2, 0.25) is 0 Å². The molecule has 7 nitrogen and oxygen atoms in total. The molecule has 2 amide bonds. The van der Waals surface area contributed by atoms with Crippen molar-refractivity contribution in [3.8, 4) is 0 Å². The molecule has 1 atom stereocenters. The summed E-state index contributed by atoms with van der Waals surface area (Å²) in [5.74, 6) is -2.23. The Hall–Kier alpha value is -2.67. The summed E-state index contributed by atoms with van der Waals surface area (Å²) in [5, 5.41) is 11.1. The topological polar surface area (TPSA) is 99.7 Å². The number of carbonyl (C=O) groups is 3. The quantitative estimate of drug-likeness (QED) is 0.814. The van der Waals surface area contributed by atoms with Gasteiger partial charge in [0, 0.05) is 35.5 Å². The number of aromatic nitrogens is 1. The van der Waals surface area contributed by atoms with E-state index in [2.05, 4.69) is 4.98 Å². The molecule has 0 radical (unpaired) electrons. The molecule has 1 aromatic carbocycles. The van der Waals surface area contributed by atoms with Crippen molar-refractivity contribution in [2.24, 2.45) is 0 Å². The van der Waals surface area contributed by atoms with Crippen LogP contribution in [0, 0.1) is 0 Å². The molecule has 0 aliphatic carbocycles. The zero-order valence-corrected chi connectivity index (χ0v) is 10.9. The summed E-state index contributed by atoms with van der Waals surface area (Å²) < 4.78 is 0. The molecule has 2 heterocycles. The maximum absolute atomic E-state index is 11.9. The Labute approximate surface area is 119 Å². The smallest absolute Gasteiger partial charge is 0.365 e. The van der Waals surface area contributed by atoms with Crippen LogP contribution >= 0.6 is 0 Å². The van der Waals surface area contributed by atoms with E-state index >= 15 is 0 Å². The van der Waals surface area contributed by atoms with Gasteiger partial charge in [-0.15, -0.1) is 5.06 Å². The number of benzene rings is 1. The number of amides is 2. The van der Waals surface area contributed by atoms with Crippen LogP contribution in [0.15, 0.2) is 30.5 Å². The molecule has 2 aromatic rings. The van der Waals surface area contributed by atoms with Crippen LogP contribution in [0.4, 0.5) is 0 Å². The van der Waals surface area contributed by atoms with Gasteiger partial charge in [0.25, 0.3) is 11.8 Å². The van der Waals surface area contributed by atoms with E-state index in [1.54, 1.807) is 18.2 Å². The summed E-state index contributed by atoms with van der Waals surface area (Å²) in [4.78, 5) is 42.3. The maximum atomic E-state index is 11.9. The third kappa shape index (κ3) is 2.27. The second-order valence-electron chi connectivity index (χ2n) is 4.68. The number of aromatic amines is 1. The third-order valence-corrected chi connectivity index (χ3v) is 3.33. The second kappa shape index (κ2) is 5.02. The molecule has 1 fully saturated rings. The van der Waals surface area contributed by atoms with Crippen molar-refractivity contribution in [1.82, 2.24) is 10.0 Å². The van der Waals surface area contributed by atoms with Crippen LogP contribution < -0.4 is 0 Å². The predicted molar refractivity (Wildman–Crippen MR) is 70.4 cm³/mol. The van der Waals surface area contributed by atoms with Gasteiger partial charge < -0.3 is 14.9 Å². The van der Waals surface area contributed by atoms with E-state index in [0.29, 0.717) is 16.0 Å². The number of aliphatic hydroxyl groups excluding tert-OH is 1. The minimum absolute atomic E-state index is 0.00922. The Morgan fingerprint density at radius 1 is 1.24 bits per heavy atom. The number of nitrogens with one attached hydrogen (secondary N) is 1. The summed E-state index contributed by atoms with van der Waals surface area (Å²) in [7, 11) is 0. The highest BCUT2D eigenvalue weighted by atomic mass is 16.7. The van der Waals surface area contributed by atoms with Gasteiger partial charge in [0.05, 0.1) is 0 Å². The number of hydrogen-bond donors (Lipinski definition) is 2. The molecular formula is C14H12N2O5. The zero-order chi connectivity index (χ0) is 15.0. The van der Waals surface area contributed by atoms with Gasteiger partial charge >= 0.3 is 5.97 Å². The van der Waals surface area contributed by atoms with Gasteiger partial charge in [-0.1, -0.05) is 18.2 Å². The first-order valence-corrected chi connectivity index (χ1v) is 6.39. The van der Waals surface area contributed by atoms with Crippen molar-refractivity contribution in [2.75, 3.05) is 0 Å². The number of imide groups is 1. The molecule has 3 rings (SSSR count). The van der Waals surface area contributed by atoms with E-state index in [1.165, 1.54) is 6.20 Å². The van der Waals surface area contributed by atoms with Crippen LogP contribution in [0.2, 0.25) is 0 Å². The largest absolute Gasteiger partial charge is 0.377 e. The first kappa shape index (κ1) is 13.3. The van der Waals surface area contributed by atoms with Crippen LogP contribution in [0.3, 0.4) is 0 Å². The van der Waals surface area contributed by atoms with Crippen molar-refractivity contribution in [3.63, 3.8) is 0 Å². The van der Waals surface area contributed by atoms with Crippen LogP contribution in [0.25, 0.3) is 10.9 Å². The van der Waals surface area contributed by atoms with Crippen molar-refractivity contribution in [3.05, 3.63) is 36.0 Å². The molecule has 7 heteroatoms. The Balaban J connectivity index is 1.81. The molecule has 1 unspecified atom stereocenters. The Bertz CT molecular complexity index is 720. The Morgan fingerprint density at radius 2 is 1.90 bits per heavy atom. The molecule has 1 aromatic heterocycles. The summed E-state index contributed by atoms with van der Waals surface area (Å²) in [6, 6.07) is 7.12. The summed E-state index contributed by atoms with van der Waals surface area (Å²) >= 11 is 0. The highest BCUT2D eigenvalue weighted by molar-refractivity contribution is 6.02. The highest BCUT2D eigenvalue weighted by Crippen LogP contribution is 2.25. The number of nitrogens with zero attached hydrogens (tertiary/aromatic N) is 1. The summed E-state index contributed by atoms with van der Waals surface area (Å²) in [6.45, 7) is 0. The fraction of sp³-hybridized carbons (Fsp3) is 0.214. The molecule has 1 aliphatic rings. The van der Waals surface area contributed by atoms with Crippen molar-refractivity contribution < 1.29 is 24.3 Å². The number of carbonyl (C=O) groups excluding carboxylic acids is 3. The lowest BCUT2D eigenvalue weighted by molar-refractivity contribution is -0.203. The summed E-state index contributed by atoms with van der Waals surface area (Å²) in [6.07, 6.45) is -0.0724. The average molecular weight is 288 g/mol. The number of hydrogen-bond acceptors (Lipinski definition) is 5. The van der Waals surface area contributed by atoms with Gasteiger partial charge in [0.1, 0.15) is 0 Å². The van der Waals surface area contributed by atoms with Crippen LogP contribution in [-0.2, 0) is 19.2 Å². The lowest BCUT2D eigenvalue weighted by Gasteiger charge is -2.15. The molecule has 108 valence electrons. The van der Waals surface area contributed by atoms with E-state index < -0.39 is 23.9 Å². The normalized spacial score (nSPS) is 16.5. The molecule has 1 aliphatic heterocycles. The molecule has 0 bridgehead atoms. The Morgan fingerprint density at radius 3 is 2.62 bits per heavy atom. The fourth-order valence-corrected chi connectivity index (χ4v) is 2.24. The number of aliphatic hydroxyl groups is 1. The van der Waals surface area contributed by atoms with Gasteiger partial charge in [-0.25, -0.2) is 4.79 Å². The second-order valence-corrected chi connectivity index (χ2v) is 4.68. The Kier molecular flexibility index (Phi) is 3.19. The minimum Gasteiger partial charge on any atom is -0.377 e. The zero-order valence-electron chi connectivity index (χ0n) is 10.9. The standard InChI is InChI=1S/C14H12N2O5/c17-11-5-6-12(18)16(11)21-14(20)13(19)9-7-15-10-4-2-1-3-8(9)10/h1-4,7,13,15,19H,5-6H2. The van der Waals surface area contributed by atoms with Crippen LogP contribution in [0.1, 0.15) is 24.5 Å². The van der Waals surface area contributed by atoms with E-state index in [0.717, 1.165) is 5.52 Å². The lowest BCUT2D eigenvalue weighted by Crippen LogP contribution is -2.34. The van der Waals surface area contributed by atoms with E-state index in [-0.39, 0.29) is 12.8 Å². The highest BCUT2D eigenvalue weighted by Gasteiger charge is 2.35. The molecule has 21 heavy (non-hydrogen) atoms. The first-order valence-electron chi connectivity index (χ1n) is 6.39. The van der Waals surface area contributed by atoms with E-state index in [4.69, 9.17) is 4.84 Å². The molecule has 0 spiro atoms. The third-order valence-electron chi connectivity index (χ3n) is 3.33. The van der Waals surface area contributed by atoms with Crippen molar-refractivity contribution >= 4 is 28.7 Å². The number of fused-ring (bicyclic) bond motifs is 1. The van der Waals surface area contributed by atoms with Gasteiger partial charge in [-0.3, -0.25) is 9.59 Å². The average Bonchev–Trinajstić information content (AvgIpc) is 3.05. The molecule has 0 saturated carbocycles. The number of hydroxylamine groups is 2. The fourth-order valence-electron chi connectivity index (χ4n) is 2.24. The molecule has 2 N–H and O–H groups in total. The molecular weight excluding hydrogens is 276 g/mol. The first-order chi connectivity index (χ1) is 10.1. The number of H-pyrrole nitrogens is 1. The lowest BCUT2D eigenvalue weighted by atomic mass is 10.1. The van der Waals surface area contributed by atoms with Crippen LogP contribution in [0.5, 0.6) is 0 Å². The van der Waals surface area contributed by atoms with Gasteiger partial charge in [-0.05, 0) is 6.07 Å². The minimum atomic E-state index is -1.58. The number of rotatable bonds is 3. The van der Waals surface area contributed by atoms with Gasteiger partial charge in [0.15, 0.2) is 6.10 Å². The van der Waals surface area contributed by atoms with E-state index in [9.17, 15) is 19.5 Å². The maximum Gasteiger partial charge on any atom is 0.365 e. The number of para-hydroxylation sites is 1. The SMILES string of the molecule is O=C(ON1C(=O)CCC1=O)C(O)c1c[nH]c2ccccc12. The summed E-state index contributed by atoms with van der Waals surface area (Å²) in [5.41, 5.74) is 1.09. The van der Waals surface area contributed by atoms with Crippen LogP contribution in [-0.4, -0.2) is 32.9 Å². The van der Waals surface area contributed by atoms with Crippen molar-refractivity contribution in [1.29, 1.82) is 0 Å². The monoisotopic (exact) mass is 288 g/mol. The van der Waals surface area contributed by atoms with Crippen molar-refractivity contribution in [2.45, 2.75) is 18.9 Å². The molecule has 1 saturated heterocycles. The predicted octanol–water partition coefficient (Wildman–Crippen LogP) is 0.808. The van der Waals surface area contributed by atoms with E-state index in [1.807, 2.05) is 6.07 Å². The van der Waals surface area contributed by atoms with Gasteiger partial charge in [-0.2, -0.15) is 0 Å².